The summed E-state index contributed by atoms with van der Waals surface area (Å²) < 4.78 is 5.34. The van der Waals surface area contributed by atoms with Crippen LogP contribution < -0.4 is 10.6 Å². The smallest absolute Gasteiger partial charge is 0.257 e. The maximum atomic E-state index is 12.0. The zero-order valence-corrected chi connectivity index (χ0v) is 9.22. The van der Waals surface area contributed by atoms with Gasteiger partial charge in [0.1, 0.15) is 11.9 Å². The lowest BCUT2D eigenvalue weighted by atomic mass is 10.2. The molecular formula is C11H15N3O2. The van der Waals surface area contributed by atoms with Gasteiger partial charge in [-0.2, -0.15) is 0 Å². The summed E-state index contributed by atoms with van der Waals surface area (Å²) in [7, 11) is 1.69. The van der Waals surface area contributed by atoms with E-state index in [0.29, 0.717) is 18.1 Å². The Hall–Kier alpha value is -1.62. The van der Waals surface area contributed by atoms with Crippen LogP contribution in [0.2, 0.25) is 0 Å². The van der Waals surface area contributed by atoms with E-state index in [4.69, 9.17) is 10.5 Å². The van der Waals surface area contributed by atoms with E-state index in [0.717, 1.165) is 12.8 Å². The molecule has 0 saturated carbocycles. The Kier molecular flexibility index (Phi) is 3.05. The number of nitrogens with zero attached hydrogens (tertiary/aromatic N) is 2. The normalized spacial score (nSPS) is 19.7. The Morgan fingerprint density at radius 1 is 1.69 bits per heavy atom. The number of hydrogen-bond acceptors (Lipinski definition) is 4. The molecule has 0 bridgehead atoms. The molecule has 86 valence electrons. The van der Waals surface area contributed by atoms with Crippen LogP contribution in [0.15, 0.2) is 18.3 Å². The summed E-state index contributed by atoms with van der Waals surface area (Å²) >= 11 is 0. The van der Waals surface area contributed by atoms with Crippen molar-refractivity contribution in [1.29, 1.82) is 0 Å². The Bertz CT molecular complexity index is 389. The van der Waals surface area contributed by atoms with Crippen LogP contribution in [0, 0.1) is 0 Å². The summed E-state index contributed by atoms with van der Waals surface area (Å²) in [4.78, 5) is 17.6. The van der Waals surface area contributed by atoms with Gasteiger partial charge in [-0.25, -0.2) is 4.98 Å². The lowest BCUT2D eigenvalue weighted by molar-refractivity contribution is -0.127. The number of carbonyl (C=O) groups is 1. The molecule has 5 heteroatoms. The zero-order chi connectivity index (χ0) is 11.5. The second-order valence-electron chi connectivity index (χ2n) is 3.85. The number of pyridine rings is 1. The minimum atomic E-state index is -0.326. The average Bonchev–Trinajstić information content (AvgIpc) is 2.80. The SMILES string of the molecule is CN(C(=O)C1CCCO1)c1cc(N)ccn1. The largest absolute Gasteiger partial charge is 0.399 e. The second kappa shape index (κ2) is 4.49. The molecule has 1 amide bonds. The van der Waals surface area contributed by atoms with E-state index >= 15 is 0 Å². The molecule has 1 aromatic rings. The van der Waals surface area contributed by atoms with Crippen molar-refractivity contribution in [3.05, 3.63) is 18.3 Å². The lowest BCUT2D eigenvalue weighted by Crippen LogP contribution is -2.36. The van der Waals surface area contributed by atoms with Crippen LogP contribution >= 0.6 is 0 Å². The topological polar surface area (TPSA) is 68.5 Å². The Balaban J connectivity index is 2.11. The van der Waals surface area contributed by atoms with E-state index in [-0.39, 0.29) is 12.0 Å². The molecule has 1 aliphatic heterocycles. The predicted octanol–water partition coefficient (Wildman–Crippen LogP) is 0.806. The van der Waals surface area contributed by atoms with Crippen molar-refractivity contribution in [2.24, 2.45) is 0 Å². The molecule has 0 aliphatic carbocycles. The number of amides is 1. The summed E-state index contributed by atoms with van der Waals surface area (Å²) in [5, 5.41) is 0. The third-order valence-electron chi connectivity index (χ3n) is 2.65. The standard InChI is InChI=1S/C11H15N3O2/c1-14(10-7-8(12)4-5-13-10)11(15)9-3-2-6-16-9/h4-5,7,9H,2-3,6H2,1H3,(H2,12,13). The number of hydrogen-bond donors (Lipinski definition) is 1. The fraction of sp³-hybridized carbons (Fsp3) is 0.455. The van der Waals surface area contributed by atoms with Crippen molar-refractivity contribution in [3.8, 4) is 0 Å². The average molecular weight is 221 g/mol. The minimum Gasteiger partial charge on any atom is -0.399 e. The first-order chi connectivity index (χ1) is 7.68. The van der Waals surface area contributed by atoms with Gasteiger partial charge in [0.25, 0.3) is 5.91 Å². The number of rotatable bonds is 2. The van der Waals surface area contributed by atoms with E-state index in [1.807, 2.05) is 0 Å². The number of nitrogen functional groups attached to an aromatic ring is 1. The summed E-state index contributed by atoms with van der Waals surface area (Å²) in [6, 6.07) is 3.36. The van der Waals surface area contributed by atoms with Crippen LogP contribution in [0.4, 0.5) is 11.5 Å². The molecule has 1 fully saturated rings. The fourth-order valence-corrected chi connectivity index (χ4v) is 1.72. The molecule has 1 atom stereocenters. The van der Waals surface area contributed by atoms with Crippen molar-refractivity contribution in [3.63, 3.8) is 0 Å². The highest BCUT2D eigenvalue weighted by molar-refractivity contribution is 5.95. The molecule has 1 saturated heterocycles. The lowest BCUT2D eigenvalue weighted by Gasteiger charge is -2.19. The monoisotopic (exact) mass is 221 g/mol. The molecule has 2 heterocycles. The molecule has 5 nitrogen and oxygen atoms in total. The number of carbonyl (C=O) groups excluding carboxylic acids is 1. The van der Waals surface area contributed by atoms with Gasteiger partial charge < -0.3 is 10.5 Å². The third kappa shape index (κ3) is 2.14. The maximum Gasteiger partial charge on any atom is 0.257 e. The molecule has 0 radical (unpaired) electrons. The molecule has 1 unspecified atom stereocenters. The van der Waals surface area contributed by atoms with Gasteiger partial charge in [0.2, 0.25) is 0 Å². The number of nitrogens with two attached hydrogens (primary N) is 1. The summed E-state index contributed by atoms with van der Waals surface area (Å²) in [5.74, 6) is 0.496. The zero-order valence-electron chi connectivity index (χ0n) is 9.22. The minimum absolute atomic E-state index is 0.0596. The molecule has 2 rings (SSSR count). The highest BCUT2D eigenvalue weighted by Crippen LogP contribution is 2.18. The summed E-state index contributed by atoms with van der Waals surface area (Å²) in [6.07, 6.45) is 2.98. The Labute approximate surface area is 94.2 Å². The van der Waals surface area contributed by atoms with Crippen LogP contribution in [0.25, 0.3) is 0 Å². The van der Waals surface area contributed by atoms with Crippen molar-refractivity contribution in [1.82, 2.24) is 4.98 Å². The highest BCUT2D eigenvalue weighted by Gasteiger charge is 2.27. The molecule has 2 N–H and O–H groups in total. The van der Waals surface area contributed by atoms with Gasteiger partial charge >= 0.3 is 0 Å². The van der Waals surface area contributed by atoms with Crippen LogP contribution in [-0.4, -0.2) is 30.6 Å². The van der Waals surface area contributed by atoms with E-state index in [1.165, 1.54) is 4.90 Å². The highest BCUT2D eigenvalue weighted by atomic mass is 16.5. The van der Waals surface area contributed by atoms with Crippen LogP contribution in [-0.2, 0) is 9.53 Å². The number of aromatic nitrogens is 1. The van der Waals surface area contributed by atoms with Gasteiger partial charge in [-0.15, -0.1) is 0 Å². The van der Waals surface area contributed by atoms with Gasteiger partial charge in [0.05, 0.1) is 0 Å². The first-order valence-corrected chi connectivity index (χ1v) is 5.29. The van der Waals surface area contributed by atoms with Crippen LogP contribution in [0.3, 0.4) is 0 Å². The van der Waals surface area contributed by atoms with E-state index in [2.05, 4.69) is 4.98 Å². The van der Waals surface area contributed by atoms with Gasteiger partial charge in [0.15, 0.2) is 0 Å². The molecule has 0 spiro atoms. The van der Waals surface area contributed by atoms with Crippen molar-refractivity contribution < 1.29 is 9.53 Å². The maximum absolute atomic E-state index is 12.0. The van der Waals surface area contributed by atoms with Crippen LogP contribution in [0.1, 0.15) is 12.8 Å². The van der Waals surface area contributed by atoms with Crippen molar-refractivity contribution in [2.75, 3.05) is 24.3 Å². The van der Waals surface area contributed by atoms with Gasteiger partial charge in [-0.1, -0.05) is 0 Å². The molecule has 1 aliphatic rings. The fourth-order valence-electron chi connectivity index (χ4n) is 1.72. The van der Waals surface area contributed by atoms with Gasteiger partial charge in [-0.05, 0) is 18.9 Å². The van der Waals surface area contributed by atoms with E-state index in [1.54, 1.807) is 25.4 Å². The summed E-state index contributed by atoms with van der Waals surface area (Å²) in [6.45, 7) is 0.661. The Morgan fingerprint density at radius 2 is 2.50 bits per heavy atom. The number of ether oxygens (including phenoxy) is 1. The molecule has 0 aromatic carbocycles. The number of likely N-dealkylation sites (N-methyl/N-ethyl adjacent to an activating group) is 1. The third-order valence-corrected chi connectivity index (χ3v) is 2.65. The van der Waals surface area contributed by atoms with E-state index in [9.17, 15) is 4.79 Å². The first kappa shape index (κ1) is 10.9. The quantitative estimate of drug-likeness (QED) is 0.802. The van der Waals surface area contributed by atoms with Crippen molar-refractivity contribution in [2.45, 2.75) is 18.9 Å². The van der Waals surface area contributed by atoms with Crippen LogP contribution in [0.5, 0.6) is 0 Å². The first-order valence-electron chi connectivity index (χ1n) is 5.29. The summed E-state index contributed by atoms with van der Waals surface area (Å²) in [5.41, 5.74) is 6.24. The molecular weight excluding hydrogens is 206 g/mol. The molecule has 1 aromatic heterocycles. The van der Waals surface area contributed by atoms with E-state index < -0.39 is 0 Å². The van der Waals surface area contributed by atoms with Gasteiger partial charge in [-0.3, -0.25) is 9.69 Å². The van der Waals surface area contributed by atoms with Crippen molar-refractivity contribution >= 4 is 17.4 Å². The number of anilines is 2. The Morgan fingerprint density at radius 3 is 3.12 bits per heavy atom. The second-order valence-corrected chi connectivity index (χ2v) is 3.85. The predicted molar refractivity (Wildman–Crippen MR) is 61.0 cm³/mol. The van der Waals surface area contributed by atoms with Gasteiger partial charge in [0, 0.05) is 31.6 Å². The molecule has 16 heavy (non-hydrogen) atoms.